The summed E-state index contributed by atoms with van der Waals surface area (Å²) in [6.45, 7) is 2.96. The van der Waals surface area contributed by atoms with Gasteiger partial charge in [0, 0.05) is 5.56 Å². The Morgan fingerprint density at radius 2 is 1.57 bits per heavy atom. The van der Waals surface area contributed by atoms with Crippen molar-refractivity contribution in [1.82, 2.24) is 10.9 Å². The van der Waals surface area contributed by atoms with Gasteiger partial charge in [-0.25, -0.2) is 0 Å². The molecule has 0 fully saturated rings. The number of primary amides is 1. The van der Waals surface area contributed by atoms with Gasteiger partial charge >= 0.3 is 0 Å². The van der Waals surface area contributed by atoms with Crippen LogP contribution in [0.3, 0.4) is 0 Å². The van der Waals surface area contributed by atoms with Gasteiger partial charge in [-0.15, -0.1) is 0 Å². The maximum atomic E-state index is 12.4. The Morgan fingerprint density at radius 1 is 1.00 bits per heavy atom. The van der Waals surface area contributed by atoms with Crippen molar-refractivity contribution in [2.24, 2.45) is 5.73 Å². The Morgan fingerprint density at radius 3 is 2.04 bits per heavy atom. The van der Waals surface area contributed by atoms with Gasteiger partial charge in [-0.3, -0.25) is 25.2 Å². The SMILES string of the molecule is COc1cc(C(=O)NNC(=O)c2cc(C)oc2C)cc(OC)c1OCC(N)=O. The Labute approximate surface area is 160 Å². The fourth-order valence-corrected chi connectivity index (χ4v) is 2.41. The third-order valence-electron chi connectivity index (χ3n) is 3.66. The molecule has 0 saturated carbocycles. The van der Waals surface area contributed by atoms with Gasteiger partial charge in [0.15, 0.2) is 18.1 Å². The van der Waals surface area contributed by atoms with Crippen molar-refractivity contribution in [2.45, 2.75) is 13.8 Å². The maximum Gasteiger partial charge on any atom is 0.273 e. The van der Waals surface area contributed by atoms with E-state index in [1.54, 1.807) is 19.9 Å². The van der Waals surface area contributed by atoms with E-state index >= 15 is 0 Å². The zero-order valence-electron chi connectivity index (χ0n) is 15.9. The molecule has 3 amide bonds. The number of hydrogen-bond donors (Lipinski definition) is 3. The van der Waals surface area contributed by atoms with Gasteiger partial charge in [-0.1, -0.05) is 0 Å². The van der Waals surface area contributed by atoms with E-state index in [4.69, 9.17) is 24.4 Å². The third kappa shape index (κ3) is 4.72. The average Bonchev–Trinajstić information content (AvgIpc) is 3.01. The van der Waals surface area contributed by atoms with E-state index in [9.17, 15) is 14.4 Å². The molecule has 0 radical (unpaired) electrons. The predicted octanol–water partition coefficient (Wildman–Crippen LogP) is 0.853. The van der Waals surface area contributed by atoms with Crippen LogP contribution < -0.4 is 30.8 Å². The Balaban J connectivity index is 2.17. The molecule has 10 heteroatoms. The van der Waals surface area contributed by atoms with Crippen LogP contribution >= 0.6 is 0 Å². The molecule has 2 rings (SSSR count). The topological polar surface area (TPSA) is 142 Å². The molecule has 1 aromatic heterocycles. The van der Waals surface area contributed by atoms with E-state index < -0.39 is 24.3 Å². The van der Waals surface area contributed by atoms with Crippen LogP contribution in [-0.2, 0) is 4.79 Å². The molecular weight excluding hydrogens is 370 g/mol. The van der Waals surface area contributed by atoms with Gasteiger partial charge in [0.25, 0.3) is 17.7 Å². The lowest BCUT2D eigenvalue weighted by atomic mass is 10.1. The van der Waals surface area contributed by atoms with Crippen molar-refractivity contribution in [3.63, 3.8) is 0 Å². The number of rotatable bonds is 7. The lowest BCUT2D eigenvalue weighted by molar-refractivity contribution is -0.120. The number of hydrazine groups is 1. The van der Waals surface area contributed by atoms with Crippen LogP contribution in [0.15, 0.2) is 22.6 Å². The molecular formula is C18H21N3O7. The van der Waals surface area contributed by atoms with Crippen molar-refractivity contribution in [1.29, 1.82) is 0 Å². The van der Waals surface area contributed by atoms with Crippen LogP contribution in [0.2, 0.25) is 0 Å². The zero-order valence-corrected chi connectivity index (χ0v) is 15.9. The lowest BCUT2D eigenvalue weighted by Crippen LogP contribution is -2.41. The molecule has 0 aliphatic heterocycles. The smallest absolute Gasteiger partial charge is 0.273 e. The number of amides is 3. The van der Waals surface area contributed by atoms with E-state index in [0.29, 0.717) is 17.1 Å². The van der Waals surface area contributed by atoms with Crippen LogP contribution in [0, 0.1) is 13.8 Å². The zero-order chi connectivity index (χ0) is 20.8. The maximum absolute atomic E-state index is 12.4. The van der Waals surface area contributed by atoms with Gasteiger partial charge in [-0.05, 0) is 32.0 Å². The first-order valence-corrected chi connectivity index (χ1v) is 8.11. The number of carbonyl (C=O) groups excluding carboxylic acids is 3. The van der Waals surface area contributed by atoms with Crippen molar-refractivity contribution >= 4 is 17.7 Å². The second kappa shape index (κ2) is 8.80. The molecule has 4 N–H and O–H groups in total. The number of nitrogens with one attached hydrogen (secondary N) is 2. The lowest BCUT2D eigenvalue weighted by Gasteiger charge is -2.15. The van der Waals surface area contributed by atoms with Crippen LogP contribution in [0.4, 0.5) is 0 Å². The van der Waals surface area contributed by atoms with Crippen LogP contribution in [0.1, 0.15) is 32.2 Å². The molecule has 0 aliphatic carbocycles. The van der Waals surface area contributed by atoms with Crippen LogP contribution in [-0.4, -0.2) is 38.5 Å². The summed E-state index contributed by atoms with van der Waals surface area (Å²) in [6, 6.07) is 4.30. The number of furan rings is 1. The highest BCUT2D eigenvalue weighted by atomic mass is 16.5. The van der Waals surface area contributed by atoms with Gasteiger partial charge in [0.1, 0.15) is 11.5 Å². The van der Waals surface area contributed by atoms with Gasteiger partial charge in [-0.2, -0.15) is 0 Å². The standard InChI is InChI=1S/C18H21N3O7/c1-9-5-12(10(2)28-9)18(24)21-20-17(23)11-6-13(25-3)16(14(7-11)26-4)27-8-15(19)22/h5-7H,8H2,1-4H3,(H2,19,22)(H,20,23)(H,21,24). The third-order valence-corrected chi connectivity index (χ3v) is 3.66. The van der Waals surface area contributed by atoms with Crippen molar-refractivity contribution in [3.05, 3.63) is 40.8 Å². The number of methoxy groups -OCH3 is 2. The van der Waals surface area contributed by atoms with Crippen molar-refractivity contribution in [3.8, 4) is 17.2 Å². The molecule has 1 aromatic carbocycles. The molecule has 0 aliphatic rings. The molecule has 0 saturated heterocycles. The van der Waals surface area contributed by atoms with Gasteiger partial charge in [0.05, 0.1) is 19.8 Å². The van der Waals surface area contributed by atoms with E-state index in [2.05, 4.69) is 10.9 Å². The summed E-state index contributed by atoms with van der Waals surface area (Å²) in [7, 11) is 2.72. The monoisotopic (exact) mass is 391 g/mol. The molecule has 0 spiro atoms. The highest BCUT2D eigenvalue weighted by Gasteiger charge is 2.19. The van der Waals surface area contributed by atoms with E-state index in [-0.39, 0.29) is 22.8 Å². The first-order chi connectivity index (χ1) is 13.3. The summed E-state index contributed by atoms with van der Waals surface area (Å²) in [5.74, 6) is -0.394. The highest BCUT2D eigenvalue weighted by Crippen LogP contribution is 2.38. The second-order valence-electron chi connectivity index (χ2n) is 5.70. The predicted molar refractivity (Wildman–Crippen MR) is 97.3 cm³/mol. The molecule has 0 bridgehead atoms. The highest BCUT2D eigenvalue weighted by molar-refractivity contribution is 6.00. The molecule has 0 unspecified atom stereocenters. The molecule has 10 nitrogen and oxygen atoms in total. The van der Waals surface area contributed by atoms with Crippen molar-refractivity contribution < 1.29 is 33.0 Å². The number of ether oxygens (including phenoxy) is 3. The minimum Gasteiger partial charge on any atom is -0.493 e. The molecule has 1 heterocycles. The fourth-order valence-electron chi connectivity index (χ4n) is 2.41. The summed E-state index contributed by atoms with van der Waals surface area (Å²) < 4.78 is 20.9. The van der Waals surface area contributed by atoms with Gasteiger partial charge in [0.2, 0.25) is 5.75 Å². The summed E-state index contributed by atoms with van der Waals surface area (Å²) in [5, 5.41) is 0. The van der Waals surface area contributed by atoms with E-state index in [1.807, 2.05) is 0 Å². The average molecular weight is 391 g/mol. The van der Waals surface area contributed by atoms with E-state index in [0.717, 1.165) is 0 Å². The summed E-state index contributed by atoms with van der Waals surface area (Å²) >= 11 is 0. The number of benzene rings is 1. The number of carbonyl (C=O) groups is 3. The van der Waals surface area contributed by atoms with Crippen LogP contribution in [0.25, 0.3) is 0 Å². The Hall–Kier alpha value is -3.69. The quantitative estimate of drug-likeness (QED) is 0.594. The summed E-state index contributed by atoms with van der Waals surface area (Å²) in [4.78, 5) is 35.5. The largest absolute Gasteiger partial charge is 0.493 e. The minimum absolute atomic E-state index is 0.119. The molecule has 28 heavy (non-hydrogen) atoms. The molecule has 0 atom stereocenters. The number of nitrogens with two attached hydrogens (primary N) is 1. The summed E-state index contributed by atoms with van der Waals surface area (Å²) in [5.41, 5.74) is 10.1. The Bertz CT molecular complexity index is 880. The number of hydrogen-bond acceptors (Lipinski definition) is 7. The Kier molecular flexibility index (Phi) is 6.48. The minimum atomic E-state index is -0.682. The normalized spacial score (nSPS) is 10.1. The fraction of sp³-hybridized carbons (Fsp3) is 0.278. The van der Waals surface area contributed by atoms with Gasteiger partial charge < -0.3 is 24.4 Å². The van der Waals surface area contributed by atoms with Crippen LogP contribution in [0.5, 0.6) is 17.2 Å². The van der Waals surface area contributed by atoms with Crippen molar-refractivity contribution in [2.75, 3.05) is 20.8 Å². The van der Waals surface area contributed by atoms with E-state index in [1.165, 1.54) is 26.4 Å². The number of aryl methyl sites for hydroxylation is 2. The summed E-state index contributed by atoms with van der Waals surface area (Å²) in [6.07, 6.45) is 0. The first kappa shape index (κ1) is 20.6. The second-order valence-corrected chi connectivity index (χ2v) is 5.70. The first-order valence-electron chi connectivity index (χ1n) is 8.11. The molecule has 2 aromatic rings. The molecule has 150 valence electrons.